The van der Waals surface area contributed by atoms with E-state index in [1.807, 2.05) is 0 Å². The van der Waals surface area contributed by atoms with Gasteiger partial charge in [-0.15, -0.1) is 0 Å². The van der Waals surface area contributed by atoms with Gasteiger partial charge in [-0.1, -0.05) is 0 Å². The van der Waals surface area contributed by atoms with Crippen LogP contribution in [0.2, 0.25) is 0 Å². The Kier molecular flexibility index (Phi) is 2.24. The Morgan fingerprint density at radius 2 is 2.27 bits per heavy atom. The van der Waals surface area contributed by atoms with Gasteiger partial charge in [0.25, 0.3) is 0 Å². The van der Waals surface area contributed by atoms with Crippen LogP contribution in [-0.2, 0) is 19.6 Å². The molecule has 82 valence electrons. The van der Waals surface area contributed by atoms with Crippen LogP contribution in [0.15, 0.2) is 0 Å². The molecule has 0 radical (unpaired) electrons. The van der Waals surface area contributed by atoms with Gasteiger partial charge in [-0.25, -0.2) is 4.79 Å². The van der Waals surface area contributed by atoms with Gasteiger partial charge < -0.3 is 15.9 Å². The Bertz CT molecular complexity index is 401. The van der Waals surface area contributed by atoms with Crippen molar-refractivity contribution in [2.75, 3.05) is 12.3 Å². The highest BCUT2D eigenvalue weighted by Gasteiger charge is 2.29. The summed E-state index contributed by atoms with van der Waals surface area (Å²) in [6, 6.07) is 0. The van der Waals surface area contributed by atoms with E-state index in [1.54, 1.807) is 4.68 Å². The number of aliphatic hydroxyl groups excluding tert-OH is 1. The van der Waals surface area contributed by atoms with E-state index in [2.05, 4.69) is 5.10 Å². The molecular weight excluding hydrogens is 200 g/mol. The summed E-state index contributed by atoms with van der Waals surface area (Å²) in [6.45, 7) is 0.865. The van der Waals surface area contributed by atoms with Crippen molar-refractivity contribution in [1.82, 2.24) is 14.7 Å². The highest BCUT2D eigenvalue weighted by Crippen LogP contribution is 2.27. The van der Waals surface area contributed by atoms with Crippen LogP contribution in [0.4, 0.5) is 10.6 Å². The highest BCUT2D eigenvalue weighted by molar-refractivity contribution is 5.67. The van der Waals surface area contributed by atoms with Crippen molar-refractivity contribution in [3.8, 4) is 0 Å². The maximum Gasteiger partial charge on any atom is 0.407 e. The van der Waals surface area contributed by atoms with Gasteiger partial charge in [-0.05, 0) is 0 Å². The summed E-state index contributed by atoms with van der Waals surface area (Å²) in [5, 5.41) is 21.7. The molecule has 4 N–H and O–H groups in total. The normalized spacial score (nSPS) is 14.3. The van der Waals surface area contributed by atoms with E-state index in [-0.39, 0.29) is 19.7 Å². The SMILES string of the molecule is Nc1nn(CCO)c2c1CN(C(=O)O)C2. The summed E-state index contributed by atoms with van der Waals surface area (Å²) in [5.74, 6) is 0.349. The lowest BCUT2D eigenvalue weighted by Gasteiger charge is -2.11. The highest BCUT2D eigenvalue weighted by atomic mass is 16.4. The molecule has 1 amide bonds. The first kappa shape index (κ1) is 9.78. The molecule has 1 aromatic heterocycles. The molecule has 0 unspecified atom stereocenters. The van der Waals surface area contributed by atoms with Crippen LogP contribution in [0.1, 0.15) is 11.3 Å². The average molecular weight is 212 g/mol. The van der Waals surface area contributed by atoms with Crippen LogP contribution in [0.5, 0.6) is 0 Å². The van der Waals surface area contributed by atoms with Crippen molar-refractivity contribution in [2.24, 2.45) is 0 Å². The fraction of sp³-hybridized carbons (Fsp3) is 0.500. The monoisotopic (exact) mass is 212 g/mol. The number of nitrogen functional groups attached to an aromatic ring is 1. The van der Waals surface area contributed by atoms with Crippen molar-refractivity contribution in [3.05, 3.63) is 11.3 Å². The maximum absolute atomic E-state index is 10.8. The van der Waals surface area contributed by atoms with Gasteiger partial charge in [0.1, 0.15) is 0 Å². The van der Waals surface area contributed by atoms with E-state index in [0.717, 1.165) is 11.3 Å². The van der Waals surface area contributed by atoms with Gasteiger partial charge in [0.2, 0.25) is 0 Å². The predicted molar refractivity (Wildman–Crippen MR) is 51.0 cm³/mol. The summed E-state index contributed by atoms with van der Waals surface area (Å²) in [4.78, 5) is 12.0. The molecule has 15 heavy (non-hydrogen) atoms. The minimum Gasteiger partial charge on any atom is -0.465 e. The van der Waals surface area contributed by atoms with Gasteiger partial charge >= 0.3 is 6.09 Å². The quantitative estimate of drug-likeness (QED) is 0.610. The van der Waals surface area contributed by atoms with Gasteiger partial charge in [0, 0.05) is 5.56 Å². The summed E-state index contributed by atoms with van der Waals surface area (Å²) < 4.78 is 1.56. The number of rotatable bonds is 2. The summed E-state index contributed by atoms with van der Waals surface area (Å²) in [7, 11) is 0. The molecule has 1 aliphatic rings. The predicted octanol–water partition coefficient (Wildman–Crippen LogP) is -0.549. The zero-order chi connectivity index (χ0) is 11.0. The zero-order valence-corrected chi connectivity index (χ0v) is 8.05. The number of hydrogen-bond acceptors (Lipinski definition) is 4. The third-order valence-electron chi connectivity index (χ3n) is 2.47. The Labute approximate surface area is 85.7 Å². The lowest BCUT2D eigenvalue weighted by atomic mass is 10.3. The average Bonchev–Trinajstić information content (AvgIpc) is 2.70. The minimum absolute atomic E-state index is 0.0410. The second-order valence-electron chi connectivity index (χ2n) is 3.40. The standard InChI is InChI=1S/C8H12N4O3/c9-7-5-3-11(8(14)15)4-6(5)12(10-7)1-2-13/h13H,1-4H2,(H2,9,10)(H,14,15). The maximum atomic E-state index is 10.8. The molecule has 0 saturated carbocycles. The number of carbonyl (C=O) groups is 1. The van der Waals surface area contributed by atoms with Crippen molar-refractivity contribution >= 4 is 11.9 Å². The third-order valence-corrected chi connectivity index (χ3v) is 2.47. The van der Waals surface area contributed by atoms with Crippen LogP contribution in [0.3, 0.4) is 0 Å². The number of aromatic nitrogens is 2. The van der Waals surface area contributed by atoms with Crippen LogP contribution in [0, 0.1) is 0 Å². The van der Waals surface area contributed by atoms with Crippen molar-refractivity contribution in [1.29, 1.82) is 0 Å². The summed E-state index contributed by atoms with van der Waals surface area (Å²) in [6.07, 6.45) is -0.971. The fourth-order valence-corrected chi connectivity index (χ4v) is 1.75. The molecule has 7 nitrogen and oxygen atoms in total. The molecule has 0 saturated heterocycles. The van der Waals surface area contributed by atoms with E-state index in [4.69, 9.17) is 15.9 Å². The van der Waals surface area contributed by atoms with Gasteiger partial charge in [0.05, 0.1) is 31.9 Å². The summed E-state index contributed by atoms with van der Waals surface area (Å²) >= 11 is 0. The van der Waals surface area contributed by atoms with E-state index in [0.29, 0.717) is 12.4 Å². The largest absolute Gasteiger partial charge is 0.465 e. The molecule has 0 spiro atoms. The molecule has 2 rings (SSSR count). The molecular formula is C8H12N4O3. The first-order chi connectivity index (χ1) is 7.13. The molecule has 1 aromatic rings. The molecule has 0 aromatic carbocycles. The number of fused-ring (bicyclic) bond motifs is 1. The lowest BCUT2D eigenvalue weighted by molar-refractivity contribution is 0.144. The second-order valence-corrected chi connectivity index (χ2v) is 3.40. The van der Waals surface area contributed by atoms with E-state index < -0.39 is 6.09 Å². The topological polar surface area (TPSA) is 105 Å². The van der Waals surface area contributed by atoms with Gasteiger partial charge in [-0.3, -0.25) is 9.58 Å². The van der Waals surface area contributed by atoms with E-state index in [1.165, 1.54) is 4.90 Å². The van der Waals surface area contributed by atoms with Crippen molar-refractivity contribution in [2.45, 2.75) is 19.6 Å². The number of nitrogens with two attached hydrogens (primary N) is 1. The molecule has 7 heteroatoms. The molecule has 0 bridgehead atoms. The van der Waals surface area contributed by atoms with Crippen LogP contribution in [-0.4, -0.2) is 37.6 Å². The van der Waals surface area contributed by atoms with Crippen LogP contribution in [0.25, 0.3) is 0 Å². The number of aliphatic hydroxyl groups is 1. The third kappa shape index (κ3) is 1.50. The van der Waals surface area contributed by atoms with Crippen LogP contribution < -0.4 is 5.73 Å². The van der Waals surface area contributed by atoms with Gasteiger partial charge in [-0.2, -0.15) is 5.10 Å². The van der Waals surface area contributed by atoms with E-state index in [9.17, 15) is 4.79 Å². The molecule has 0 atom stereocenters. The molecule has 1 aliphatic heterocycles. The Morgan fingerprint density at radius 3 is 2.87 bits per heavy atom. The Balaban J connectivity index is 2.29. The Hall–Kier alpha value is -1.76. The number of anilines is 1. The molecule has 0 fully saturated rings. The summed E-state index contributed by atoms with van der Waals surface area (Å²) in [5.41, 5.74) is 7.19. The minimum atomic E-state index is -0.971. The molecule has 2 heterocycles. The zero-order valence-electron chi connectivity index (χ0n) is 8.05. The molecule has 0 aliphatic carbocycles. The second kappa shape index (κ2) is 3.43. The number of carboxylic acid groups (broad SMARTS) is 1. The first-order valence-electron chi connectivity index (χ1n) is 4.56. The number of nitrogens with zero attached hydrogens (tertiary/aromatic N) is 3. The van der Waals surface area contributed by atoms with Crippen LogP contribution >= 0.6 is 0 Å². The van der Waals surface area contributed by atoms with Crippen molar-refractivity contribution in [3.63, 3.8) is 0 Å². The first-order valence-corrected chi connectivity index (χ1v) is 4.56. The lowest BCUT2D eigenvalue weighted by Crippen LogP contribution is -2.24. The van der Waals surface area contributed by atoms with Gasteiger partial charge in [0.15, 0.2) is 5.82 Å². The Morgan fingerprint density at radius 1 is 1.53 bits per heavy atom. The van der Waals surface area contributed by atoms with E-state index >= 15 is 0 Å². The smallest absolute Gasteiger partial charge is 0.407 e. The number of hydrogen-bond donors (Lipinski definition) is 3. The fourth-order valence-electron chi connectivity index (χ4n) is 1.75. The van der Waals surface area contributed by atoms with Crippen molar-refractivity contribution < 1.29 is 15.0 Å². The number of amides is 1.